The van der Waals surface area contributed by atoms with E-state index in [1.807, 2.05) is 24.3 Å². The molecule has 1 saturated heterocycles. The smallest absolute Gasteiger partial charge is 0.185 e. The quantitative estimate of drug-likeness (QED) is 0.667. The van der Waals surface area contributed by atoms with Gasteiger partial charge in [-0.3, -0.25) is 0 Å². The molecule has 70 valence electrons. The number of anilines is 1. The number of para-hydroxylation sites is 1. The van der Waals surface area contributed by atoms with E-state index in [-0.39, 0.29) is 6.29 Å². The van der Waals surface area contributed by atoms with E-state index in [1.54, 1.807) is 0 Å². The summed E-state index contributed by atoms with van der Waals surface area (Å²) < 4.78 is 10.9. The molecule has 3 nitrogen and oxygen atoms in total. The summed E-state index contributed by atoms with van der Waals surface area (Å²) in [6, 6.07) is 7.64. The molecule has 0 spiro atoms. The van der Waals surface area contributed by atoms with Crippen molar-refractivity contribution in [2.45, 2.75) is 12.7 Å². The molecule has 0 atom stereocenters. The highest BCUT2D eigenvalue weighted by molar-refractivity contribution is 5.47. The van der Waals surface area contributed by atoms with Crippen LogP contribution in [0.15, 0.2) is 24.3 Å². The normalized spacial score (nSPS) is 18.8. The van der Waals surface area contributed by atoms with E-state index in [1.165, 1.54) is 0 Å². The molecule has 1 aliphatic rings. The number of nitrogen functional groups attached to an aromatic ring is 1. The number of nitrogens with two attached hydrogens (primary N) is 1. The second-order valence-corrected chi connectivity index (χ2v) is 3.06. The van der Waals surface area contributed by atoms with Gasteiger partial charge in [-0.2, -0.15) is 0 Å². The van der Waals surface area contributed by atoms with Crippen LogP contribution in [0.1, 0.15) is 18.3 Å². The molecule has 0 saturated carbocycles. The molecule has 1 fully saturated rings. The fourth-order valence-electron chi connectivity index (χ4n) is 1.39. The Bertz CT molecular complexity index is 282. The Labute approximate surface area is 77.5 Å². The van der Waals surface area contributed by atoms with Gasteiger partial charge in [0.1, 0.15) is 0 Å². The second kappa shape index (κ2) is 3.77. The summed E-state index contributed by atoms with van der Waals surface area (Å²) in [6.07, 6.45) is 0.693. The third kappa shape index (κ3) is 1.82. The average Bonchev–Trinajstić information content (AvgIpc) is 2.20. The van der Waals surface area contributed by atoms with E-state index in [0.29, 0.717) is 0 Å². The van der Waals surface area contributed by atoms with Crippen LogP contribution >= 0.6 is 0 Å². The molecule has 0 aliphatic carbocycles. The monoisotopic (exact) mass is 179 g/mol. The van der Waals surface area contributed by atoms with E-state index in [4.69, 9.17) is 15.2 Å². The van der Waals surface area contributed by atoms with Gasteiger partial charge in [0.25, 0.3) is 0 Å². The van der Waals surface area contributed by atoms with Crippen LogP contribution in [0.5, 0.6) is 0 Å². The maximum Gasteiger partial charge on any atom is 0.185 e. The van der Waals surface area contributed by atoms with Crippen molar-refractivity contribution in [2.24, 2.45) is 0 Å². The lowest BCUT2D eigenvalue weighted by atomic mass is 10.1. The highest BCUT2D eigenvalue weighted by Gasteiger charge is 2.17. The van der Waals surface area contributed by atoms with Crippen molar-refractivity contribution in [1.29, 1.82) is 0 Å². The summed E-state index contributed by atoms with van der Waals surface area (Å²) in [6.45, 7) is 1.50. The van der Waals surface area contributed by atoms with Gasteiger partial charge in [-0.25, -0.2) is 0 Å². The molecule has 0 aromatic heterocycles. The SMILES string of the molecule is Nc1ccccc1C1OCCCO1. The molecule has 1 aromatic rings. The van der Waals surface area contributed by atoms with Gasteiger partial charge in [-0.1, -0.05) is 18.2 Å². The van der Waals surface area contributed by atoms with Gasteiger partial charge in [0, 0.05) is 11.3 Å². The molecule has 13 heavy (non-hydrogen) atoms. The maximum atomic E-state index is 5.79. The molecule has 1 heterocycles. The predicted molar refractivity (Wildman–Crippen MR) is 50.1 cm³/mol. The van der Waals surface area contributed by atoms with Gasteiger partial charge >= 0.3 is 0 Å². The van der Waals surface area contributed by atoms with Crippen molar-refractivity contribution in [3.63, 3.8) is 0 Å². The van der Waals surface area contributed by atoms with Crippen molar-refractivity contribution in [3.05, 3.63) is 29.8 Å². The minimum Gasteiger partial charge on any atom is -0.398 e. The molecular formula is C10H13NO2. The van der Waals surface area contributed by atoms with Gasteiger partial charge in [-0.05, 0) is 12.5 Å². The molecule has 2 rings (SSSR count). The number of hydrogen-bond donors (Lipinski definition) is 1. The van der Waals surface area contributed by atoms with Gasteiger partial charge in [0.2, 0.25) is 0 Å². The third-order valence-electron chi connectivity index (χ3n) is 2.08. The van der Waals surface area contributed by atoms with Gasteiger partial charge in [0.05, 0.1) is 13.2 Å². The van der Waals surface area contributed by atoms with Crippen molar-refractivity contribution >= 4 is 5.69 Å². The van der Waals surface area contributed by atoms with E-state index < -0.39 is 0 Å². The second-order valence-electron chi connectivity index (χ2n) is 3.06. The molecule has 1 aliphatic heterocycles. The fraction of sp³-hybridized carbons (Fsp3) is 0.400. The maximum absolute atomic E-state index is 5.79. The molecule has 0 amide bonds. The number of rotatable bonds is 1. The van der Waals surface area contributed by atoms with Crippen LogP contribution in [-0.4, -0.2) is 13.2 Å². The van der Waals surface area contributed by atoms with Crippen LogP contribution in [-0.2, 0) is 9.47 Å². The standard InChI is InChI=1S/C10H13NO2/c11-9-5-2-1-4-8(9)10-12-6-3-7-13-10/h1-2,4-5,10H,3,6-7,11H2. The zero-order valence-electron chi connectivity index (χ0n) is 7.40. The van der Waals surface area contributed by atoms with Crippen LogP contribution < -0.4 is 5.73 Å². The summed E-state index contributed by atoms with van der Waals surface area (Å²) in [5, 5.41) is 0. The van der Waals surface area contributed by atoms with Crippen molar-refractivity contribution in [3.8, 4) is 0 Å². The Morgan fingerprint density at radius 1 is 1.15 bits per heavy atom. The van der Waals surface area contributed by atoms with Crippen molar-refractivity contribution < 1.29 is 9.47 Å². The molecule has 3 heteroatoms. The first-order valence-corrected chi connectivity index (χ1v) is 4.45. The van der Waals surface area contributed by atoms with Crippen LogP contribution in [0.4, 0.5) is 5.69 Å². The number of benzene rings is 1. The first-order valence-electron chi connectivity index (χ1n) is 4.45. The minimum atomic E-state index is -0.269. The Hall–Kier alpha value is -1.06. The molecular weight excluding hydrogens is 166 g/mol. The van der Waals surface area contributed by atoms with Gasteiger partial charge in [0.15, 0.2) is 6.29 Å². The van der Waals surface area contributed by atoms with E-state index in [0.717, 1.165) is 30.9 Å². The fourth-order valence-corrected chi connectivity index (χ4v) is 1.39. The number of hydrogen-bond acceptors (Lipinski definition) is 3. The van der Waals surface area contributed by atoms with Crippen molar-refractivity contribution in [1.82, 2.24) is 0 Å². The lowest BCUT2D eigenvalue weighted by Gasteiger charge is -2.24. The summed E-state index contributed by atoms with van der Waals surface area (Å²) >= 11 is 0. The minimum absolute atomic E-state index is 0.269. The Morgan fingerprint density at radius 2 is 1.85 bits per heavy atom. The molecule has 0 radical (unpaired) electrons. The Balaban J connectivity index is 2.18. The summed E-state index contributed by atoms with van der Waals surface area (Å²) in [5.41, 5.74) is 7.45. The topological polar surface area (TPSA) is 44.5 Å². The Kier molecular flexibility index (Phi) is 2.47. The van der Waals surface area contributed by atoms with Crippen LogP contribution in [0.3, 0.4) is 0 Å². The summed E-state index contributed by atoms with van der Waals surface area (Å²) in [7, 11) is 0. The van der Waals surface area contributed by atoms with Crippen LogP contribution in [0.25, 0.3) is 0 Å². The lowest BCUT2D eigenvalue weighted by molar-refractivity contribution is -0.182. The third-order valence-corrected chi connectivity index (χ3v) is 2.08. The van der Waals surface area contributed by atoms with Crippen LogP contribution in [0, 0.1) is 0 Å². The number of ether oxygens (including phenoxy) is 2. The average molecular weight is 179 g/mol. The van der Waals surface area contributed by atoms with E-state index in [9.17, 15) is 0 Å². The van der Waals surface area contributed by atoms with Crippen LogP contribution in [0.2, 0.25) is 0 Å². The zero-order valence-corrected chi connectivity index (χ0v) is 7.40. The first-order chi connectivity index (χ1) is 6.38. The molecule has 0 unspecified atom stereocenters. The largest absolute Gasteiger partial charge is 0.398 e. The van der Waals surface area contributed by atoms with Gasteiger partial charge in [-0.15, -0.1) is 0 Å². The lowest BCUT2D eigenvalue weighted by Crippen LogP contribution is -2.18. The first kappa shape index (κ1) is 8.53. The van der Waals surface area contributed by atoms with E-state index in [2.05, 4.69) is 0 Å². The summed E-state index contributed by atoms with van der Waals surface area (Å²) in [5.74, 6) is 0. The van der Waals surface area contributed by atoms with E-state index >= 15 is 0 Å². The highest BCUT2D eigenvalue weighted by Crippen LogP contribution is 2.26. The highest BCUT2D eigenvalue weighted by atomic mass is 16.7. The summed E-state index contributed by atoms with van der Waals surface area (Å²) in [4.78, 5) is 0. The molecule has 0 bridgehead atoms. The molecule has 1 aromatic carbocycles. The zero-order chi connectivity index (χ0) is 9.10. The van der Waals surface area contributed by atoms with Crippen molar-refractivity contribution in [2.75, 3.05) is 18.9 Å². The molecule has 2 N–H and O–H groups in total. The Morgan fingerprint density at radius 3 is 2.54 bits per heavy atom. The predicted octanol–water partition coefficient (Wildman–Crippen LogP) is 1.70. The van der Waals surface area contributed by atoms with Gasteiger partial charge < -0.3 is 15.2 Å².